The SMILES string of the molecule is COc1ccc(CCn2ccc3ccc(-c4cccc(C(=O)NCCN(C)C)c4)nc32)cc1OC. The van der Waals surface area contributed by atoms with E-state index in [1.165, 1.54) is 0 Å². The highest BCUT2D eigenvalue weighted by Crippen LogP contribution is 2.28. The average Bonchev–Trinajstić information content (AvgIpc) is 3.29. The first-order valence-corrected chi connectivity index (χ1v) is 11.7. The number of amides is 1. The molecule has 0 radical (unpaired) electrons. The van der Waals surface area contributed by atoms with Gasteiger partial charge in [0, 0.05) is 42.3 Å². The smallest absolute Gasteiger partial charge is 0.251 e. The summed E-state index contributed by atoms with van der Waals surface area (Å²) in [5.41, 5.74) is 4.47. The second kappa shape index (κ2) is 11.1. The zero-order valence-electron chi connectivity index (χ0n) is 20.7. The molecule has 0 atom stereocenters. The summed E-state index contributed by atoms with van der Waals surface area (Å²) in [6, 6.07) is 19.8. The van der Waals surface area contributed by atoms with Crippen molar-refractivity contribution < 1.29 is 14.3 Å². The molecule has 7 heteroatoms. The minimum atomic E-state index is -0.0759. The Balaban J connectivity index is 1.52. The molecule has 2 aromatic heterocycles. The van der Waals surface area contributed by atoms with E-state index in [1.807, 2.05) is 61.5 Å². The van der Waals surface area contributed by atoms with Crippen molar-refractivity contribution in [2.75, 3.05) is 41.4 Å². The maximum Gasteiger partial charge on any atom is 0.251 e. The number of carbonyl (C=O) groups is 1. The van der Waals surface area contributed by atoms with Gasteiger partial charge in [-0.2, -0.15) is 0 Å². The summed E-state index contributed by atoms with van der Waals surface area (Å²) in [6.07, 6.45) is 2.90. The van der Waals surface area contributed by atoms with Crippen LogP contribution < -0.4 is 14.8 Å². The number of aryl methyl sites for hydroxylation is 2. The lowest BCUT2D eigenvalue weighted by molar-refractivity contribution is 0.0951. The fraction of sp³-hybridized carbons (Fsp3) is 0.286. The van der Waals surface area contributed by atoms with Gasteiger partial charge < -0.3 is 24.3 Å². The molecule has 4 aromatic rings. The molecule has 0 spiro atoms. The third kappa shape index (κ3) is 5.81. The normalized spacial score (nSPS) is 11.1. The van der Waals surface area contributed by atoms with Crippen LogP contribution >= 0.6 is 0 Å². The van der Waals surface area contributed by atoms with E-state index in [1.54, 1.807) is 14.2 Å². The molecule has 4 rings (SSSR count). The highest BCUT2D eigenvalue weighted by atomic mass is 16.5. The molecule has 7 nitrogen and oxygen atoms in total. The van der Waals surface area contributed by atoms with Crippen molar-refractivity contribution in [3.8, 4) is 22.8 Å². The van der Waals surface area contributed by atoms with Crippen LogP contribution in [0.1, 0.15) is 15.9 Å². The molecule has 182 valence electrons. The Morgan fingerprint density at radius 1 is 1.00 bits per heavy atom. The minimum Gasteiger partial charge on any atom is -0.493 e. The van der Waals surface area contributed by atoms with E-state index in [2.05, 4.69) is 34.3 Å². The third-order valence-electron chi connectivity index (χ3n) is 5.97. The Morgan fingerprint density at radius 3 is 2.60 bits per heavy atom. The molecule has 2 aromatic carbocycles. The number of fused-ring (bicyclic) bond motifs is 1. The summed E-state index contributed by atoms with van der Waals surface area (Å²) in [5, 5.41) is 4.05. The fourth-order valence-electron chi connectivity index (χ4n) is 4.00. The topological polar surface area (TPSA) is 68.6 Å². The summed E-state index contributed by atoms with van der Waals surface area (Å²) in [7, 11) is 7.26. The Kier molecular flexibility index (Phi) is 7.67. The predicted molar refractivity (Wildman–Crippen MR) is 139 cm³/mol. The lowest BCUT2D eigenvalue weighted by Gasteiger charge is -2.11. The van der Waals surface area contributed by atoms with Gasteiger partial charge in [-0.25, -0.2) is 4.98 Å². The second-order valence-corrected chi connectivity index (χ2v) is 8.70. The Labute approximate surface area is 206 Å². The molecule has 0 saturated carbocycles. The predicted octanol–water partition coefficient (Wildman–Crippen LogP) is 4.25. The fourth-order valence-corrected chi connectivity index (χ4v) is 4.00. The van der Waals surface area contributed by atoms with E-state index in [-0.39, 0.29) is 5.91 Å². The Bertz CT molecular complexity index is 1310. The van der Waals surface area contributed by atoms with Gasteiger partial charge >= 0.3 is 0 Å². The molecule has 0 fully saturated rings. The number of benzene rings is 2. The lowest BCUT2D eigenvalue weighted by Crippen LogP contribution is -2.31. The molecule has 0 aliphatic heterocycles. The first kappa shape index (κ1) is 24.3. The number of rotatable bonds is 10. The molecule has 0 bridgehead atoms. The number of nitrogens with zero attached hydrogens (tertiary/aromatic N) is 3. The number of hydrogen-bond acceptors (Lipinski definition) is 5. The molecule has 2 heterocycles. The van der Waals surface area contributed by atoms with Gasteiger partial charge in [-0.15, -0.1) is 0 Å². The molecule has 0 aliphatic rings. The van der Waals surface area contributed by atoms with Gasteiger partial charge in [0.1, 0.15) is 5.65 Å². The van der Waals surface area contributed by atoms with Crippen LogP contribution in [0.3, 0.4) is 0 Å². The van der Waals surface area contributed by atoms with E-state index >= 15 is 0 Å². The van der Waals surface area contributed by atoms with Crippen LogP contribution in [-0.2, 0) is 13.0 Å². The van der Waals surface area contributed by atoms with Gasteiger partial charge in [-0.1, -0.05) is 18.2 Å². The number of carbonyl (C=O) groups excluding carboxylic acids is 1. The standard InChI is InChI=1S/C28H32N4O3/c1-31(2)17-14-29-28(33)23-7-5-6-22(19-23)24-10-9-21-13-16-32(27(21)30-24)15-12-20-8-11-25(34-3)26(18-20)35-4/h5-11,13,16,18-19H,12,14-15,17H2,1-4H3,(H,29,33). The van der Waals surface area contributed by atoms with E-state index in [0.29, 0.717) is 12.1 Å². The van der Waals surface area contributed by atoms with Crippen molar-refractivity contribution in [2.45, 2.75) is 13.0 Å². The molecule has 1 amide bonds. The van der Waals surface area contributed by atoms with Crippen molar-refractivity contribution in [1.29, 1.82) is 0 Å². The largest absolute Gasteiger partial charge is 0.493 e. The molecular weight excluding hydrogens is 440 g/mol. The first-order valence-electron chi connectivity index (χ1n) is 11.7. The number of pyridine rings is 1. The Morgan fingerprint density at radius 2 is 1.83 bits per heavy atom. The minimum absolute atomic E-state index is 0.0759. The van der Waals surface area contributed by atoms with Crippen LogP contribution in [0, 0.1) is 0 Å². The van der Waals surface area contributed by atoms with Crippen molar-refractivity contribution in [2.24, 2.45) is 0 Å². The molecular formula is C28H32N4O3. The zero-order valence-corrected chi connectivity index (χ0v) is 20.7. The number of nitrogens with one attached hydrogen (secondary N) is 1. The van der Waals surface area contributed by atoms with Gasteiger partial charge in [0.05, 0.1) is 19.9 Å². The van der Waals surface area contributed by atoms with Crippen molar-refractivity contribution in [1.82, 2.24) is 19.8 Å². The zero-order chi connectivity index (χ0) is 24.8. The van der Waals surface area contributed by atoms with Crippen LogP contribution in [0.2, 0.25) is 0 Å². The van der Waals surface area contributed by atoms with E-state index in [9.17, 15) is 4.79 Å². The Hall–Kier alpha value is -3.84. The summed E-state index contributed by atoms with van der Waals surface area (Å²) in [4.78, 5) is 19.6. The van der Waals surface area contributed by atoms with Gasteiger partial charge in [-0.3, -0.25) is 4.79 Å². The van der Waals surface area contributed by atoms with E-state index in [0.717, 1.165) is 58.9 Å². The van der Waals surface area contributed by atoms with Crippen LogP contribution in [0.5, 0.6) is 11.5 Å². The average molecular weight is 473 g/mol. The summed E-state index contributed by atoms with van der Waals surface area (Å²) in [5.74, 6) is 1.38. The number of aromatic nitrogens is 2. The number of likely N-dealkylation sites (N-methyl/N-ethyl adjacent to an activating group) is 1. The quantitative estimate of drug-likeness (QED) is 0.374. The van der Waals surface area contributed by atoms with Crippen molar-refractivity contribution in [3.63, 3.8) is 0 Å². The lowest BCUT2D eigenvalue weighted by atomic mass is 10.1. The van der Waals surface area contributed by atoms with Crippen molar-refractivity contribution >= 4 is 16.9 Å². The summed E-state index contributed by atoms with van der Waals surface area (Å²) >= 11 is 0. The van der Waals surface area contributed by atoms with E-state index in [4.69, 9.17) is 14.5 Å². The monoisotopic (exact) mass is 472 g/mol. The highest BCUT2D eigenvalue weighted by Gasteiger charge is 2.11. The van der Waals surface area contributed by atoms with Crippen molar-refractivity contribution in [3.05, 3.63) is 78.0 Å². The van der Waals surface area contributed by atoms with Gasteiger partial charge in [0.15, 0.2) is 11.5 Å². The van der Waals surface area contributed by atoms with Crippen LogP contribution in [0.15, 0.2) is 66.9 Å². The van der Waals surface area contributed by atoms with Gasteiger partial charge in [0.2, 0.25) is 0 Å². The number of hydrogen-bond donors (Lipinski definition) is 1. The molecule has 0 unspecified atom stereocenters. The third-order valence-corrected chi connectivity index (χ3v) is 5.97. The van der Waals surface area contributed by atoms with Gasteiger partial charge in [0.25, 0.3) is 5.91 Å². The van der Waals surface area contributed by atoms with Crippen LogP contribution in [0.25, 0.3) is 22.3 Å². The second-order valence-electron chi connectivity index (χ2n) is 8.70. The number of ether oxygens (including phenoxy) is 2. The maximum absolute atomic E-state index is 12.6. The molecule has 0 aliphatic carbocycles. The molecule has 35 heavy (non-hydrogen) atoms. The van der Waals surface area contributed by atoms with Gasteiger partial charge in [-0.05, 0) is 68.5 Å². The highest BCUT2D eigenvalue weighted by molar-refractivity contribution is 5.95. The van der Waals surface area contributed by atoms with Crippen LogP contribution in [-0.4, -0.2) is 61.8 Å². The summed E-state index contributed by atoms with van der Waals surface area (Å²) < 4.78 is 12.9. The first-order chi connectivity index (χ1) is 17.0. The van der Waals surface area contributed by atoms with Crippen LogP contribution in [0.4, 0.5) is 0 Å². The maximum atomic E-state index is 12.6. The summed E-state index contributed by atoms with van der Waals surface area (Å²) in [6.45, 7) is 2.18. The molecule has 1 N–H and O–H groups in total. The number of methoxy groups -OCH3 is 2. The van der Waals surface area contributed by atoms with E-state index < -0.39 is 0 Å². The molecule has 0 saturated heterocycles.